The van der Waals surface area contributed by atoms with Gasteiger partial charge >= 0.3 is 0 Å². The van der Waals surface area contributed by atoms with Gasteiger partial charge in [0, 0.05) is 19.6 Å². The SMILES string of the molecule is CC(C(=O)N(C)CC1CCCCN1)c1ccccc1. The maximum atomic E-state index is 12.4. The number of rotatable bonds is 4. The second-order valence-corrected chi connectivity index (χ2v) is 5.50. The van der Waals surface area contributed by atoms with Crippen LogP contribution in [-0.2, 0) is 4.79 Å². The van der Waals surface area contributed by atoms with Crippen molar-refractivity contribution in [3.05, 3.63) is 35.9 Å². The molecular formula is C16H24N2O. The fourth-order valence-electron chi connectivity index (χ4n) is 2.72. The van der Waals surface area contributed by atoms with Gasteiger partial charge < -0.3 is 10.2 Å². The Bertz CT molecular complexity index is 398. The minimum atomic E-state index is -0.0604. The lowest BCUT2D eigenvalue weighted by Gasteiger charge is -2.29. The van der Waals surface area contributed by atoms with Crippen LogP contribution < -0.4 is 5.32 Å². The molecule has 2 unspecified atom stereocenters. The fraction of sp³-hybridized carbons (Fsp3) is 0.562. The molecule has 0 aromatic heterocycles. The standard InChI is InChI=1S/C16H24N2O/c1-13(14-8-4-3-5-9-14)16(19)18(2)12-15-10-6-7-11-17-15/h3-5,8-9,13,15,17H,6-7,10-12H2,1-2H3. The number of hydrogen-bond acceptors (Lipinski definition) is 2. The molecule has 1 aliphatic rings. The molecule has 3 heteroatoms. The van der Waals surface area contributed by atoms with Gasteiger partial charge in [-0.1, -0.05) is 36.8 Å². The summed E-state index contributed by atoms with van der Waals surface area (Å²) in [5, 5.41) is 3.49. The number of hydrogen-bond donors (Lipinski definition) is 1. The molecule has 19 heavy (non-hydrogen) atoms. The molecule has 1 aromatic carbocycles. The maximum Gasteiger partial charge on any atom is 0.229 e. The van der Waals surface area contributed by atoms with Gasteiger partial charge in [0.2, 0.25) is 5.91 Å². The van der Waals surface area contributed by atoms with Crippen LogP contribution in [0.2, 0.25) is 0 Å². The third-order valence-electron chi connectivity index (χ3n) is 3.95. The van der Waals surface area contributed by atoms with Crippen LogP contribution in [-0.4, -0.2) is 37.0 Å². The van der Waals surface area contributed by atoms with Crippen LogP contribution in [0.5, 0.6) is 0 Å². The summed E-state index contributed by atoms with van der Waals surface area (Å²) in [6, 6.07) is 10.5. The number of carbonyl (C=O) groups is 1. The van der Waals surface area contributed by atoms with E-state index in [0.717, 1.165) is 18.7 Å². The lowest BCUT2D eigenvalue weighted by atomic mass is 9.99. The lowest BCUT2D eigenvalue weighted by Crippen LogP contribution is -2.45. The van der Waals surface area contributed by atoms with E-state index in [9.17, 15) is 4.79 Å². The van der Waals surface area contributed by atoms with Crippen LogP contribution in [0.4, 0.5) is 0 Å². The number of amides is 1. The molecule has 0 saturated carbocycles. The first kappa shape index (κ1) is 14.1. The van der Waals surface area contributed by atoms with Gasteiger partial charge in [0.1, 0.15) is 0 Å². The van der Waals surface area contributed by atoms with Gasteiger partial charge in [-0.05, 0) is 31.9 Å². The predicted molar refractivity (Wildman–Crippen MR) is 78.1 cm³/mol. The van der Waals surface area contributed by atoms with E-state index in [1.807, 2.05) is 49.2 Å². The predicted octanol–water partition coefficient (Wildman–Crippen LogP) is 2.39. The lowest BCUT2D eigenvalue weighted by molar-refractivity contribution is -0.131. The van der Waals surface area contributed by atoms with Crippen molar-refractivity contribution >= 4 is 5.91 Å². The number of likely N-dealkylation sites (N-methyl/N-ethyl adjacent to an activating group) is 1. The van der Waals surface area contributed by atoms with E-state index in [1.165, 1.54) is 19.3 Å². The van der Waals surface area contributed by atoms with Gasteiger partial charge in [0.25, 0.3) is 0 Å². The third kappa shape index (κ3) is 3.80. The molecule has 1 aromatic rings. The molecule has 104 valence electrons. The monoisotopic (exact) mass is 260 g/mol. The highest BCUT2D eigenvalue weighted by atomic mass is 16.2. The van der Waals surface area contributed by atoms with Crippen molar-refractivity contribution in [2.24, 2.45) is 0 Å². The van der Waals surface area contributed by atoms with E-state index in [1.54, 1.807) is 0 Å². The molecular weight excluding hydrogens is 236 g/mol. The molecule has 1 amide bonds. The smallest absolute Gasteiger partial charge is 0.229 e. The van der Waals surface area contributed by atoms with Crippen molar-refractivity contribution in [3.63, 3.8) is 0 Å². The molecule has 1 heterocycles. The van der Waals surface area contributed by atoms with E-state index in [4.69, 9.17) is 0 Å². The average molecular weight is 260 g/mol. The normalized spacial score (nSPS) is 20.8. The van der Waals surface area contributed by atoms with Crippen molar-refractivity contribution in [1.29, 1.82) is 0 Å². The first-order valence-electron chi connectivity index (χ1n) is 7.22. The summed E-state index contributed by atoms with van der Waals surface area (Å²) in [7, 11) is 1.91. The highest BCUT2D eigenvalue weighted by molar-refractivity contribution is 5.83. The Morgan fingerprint density at radius 1 is 1.37 bits per heavy atom. The van der Waals surface area contributed by atoms with Crippen LogP contribution >= 0.6 is 0 Å². The maximum absolute atomic E-state index is 12.4. The molecule has 0 spiro atoms. The Labute approximate surface area is 116 Å². The van der Waals surface area contributed by atoms with Gasteiger partial charge in [-0.25, -0.2) is 0 Å². The Hall–Kier alpha value is -1.35. The molecule has 3 nitrogen and oxygen atoms in total. The van der Waals surface area contributed by atoms with Gasteiger partial charge in [-0.2, -0.15) is 0 Å². The van der Waals surface area contributed by atoms with Gasteiger partial charge in [0.05, 0.1) is 5.92 Å². The van der Waals surface area contributed by atoms with Crippen molar-refractivity contribution < 1.29 is 4.79 Å². The minimum Gasteiger partial charge on any atom is -0.344 e. The van der Waals surface area contributed by atoms with Gasteiger partial charge in [-0.15, -0.1) is 0 Å². The van der Waals surface area contributed by atoms with E-state index in [0.29, 0.717) is 6.04 Å². The quantitative estimate of drug-likeness (QED) is 0.901. The second-order valence-electron chi connectivity index (χ2n) is 5.50. The molecule has 0 aliphatic carbocycles. The zero-order chi connectivity index (χ0) is 13.7. The molecule has 2 atom stereocenters. The molecule has 0 bridgehead atoms. The Morgan fingerprint density at radius 2 is 2.11 bits per heavy atom. The van der Waals surface area contributed by atoms with Crippen molar-refractivity contribution in [2.45, 2.75) is 38.1 Å². The minimum absolute atomic E-state index is 0.0604. The first-order chi connectivity index (χ1) is 9.18. The Kier molecular flexibility index (Phi) is 4.97. The first-order valence-corrected chi connectivity index (χ1v) is 7.22. The van der Waals surface area contributed by atoms with Crippen LogP contribution in [0.3, 0.4) is 0 Å². The molecule has 1 aliphatic heterocycles. The van der Waals surface area contributed by atoms with Crippen LogP contribution in [0.25, 0.3) is 0 Å². The van der Waals surface area contributed by atoms with Crippen LogP contribution in [0, 0.1) is 0 Å². The zero-order valence-electron chi connectivity index (χ0n) is 11.9. The summed E-state index contributed by atoms with van der Waals surface area (Å²) < 4.78 is 0. The van der Waals surface area contributed by atoms with E-state index in [2.05, 4.69) is 5.32 Å². The molecule has 0 radical (unpaired) electrons. The van der Waals surface area contributed by atoms with Crippen molar-refractivity contribution in [3.8, 4) is 0 Å². The summed E-state index contributed by atoms with van der Waals surface area (Å²) in [5.74, 6) is 0.147. The average Bonchev–Trinajstić information content (AvgIpc) is 2.47. The summed E-state index contributed by atoms with van der Waals surface area (Å²) >= 11 is 0. The highest BCUT2D eigenvalue weighted by Gasteiger charge is 2.22. The number of nitrogens with zero attached hydrogens (tertiary/aromatic N) is 1. The summed E-state index contributed by atoms with van der Waals surface area (Å²) in [5.41, 5.74) is 1.09. The molecule has 2 rings (SSSR count). The molecule has 1 saturated heterocycles. The van der Waals surface area contributed by atoms with Crippen molar-refractivity contribution in [2.75, 3.05) is 20.1 Å². The van der Waals surface area contributed by atoms with Crippen LogP contribution in [0.15, 0.2) is 30.3 Å². The summed E-state index contributed by atoms with van der Waals surface area (Å²) in [6.45, 7) is 3.89. The molecule has 1 fully saturated rings. The van der Waals surface area contributed by atoms with E-state index >= 15 is 0 Å². The van der Waals surface area contributed by atoms with Gasteiger partial charge in [0.15, 0.2) is 0 Å². The number of piperidine rings is 1. The second kappa shape index (κ2) is 6.71. The van der Waals surface area contributed by atoms with Crippen LogP contribution in [0.1, 0.15) is 37.7 Å². The third-order valence-corrected chi connectivity index (χ3v) is 3.95. The van der Waals surface area contributed by atoms with E-state index < -0.39 is 0 Å². The van der Waals surface area contributed by atoms with Crippen molar-refractivity contribution in [1.82, 2.24) is 10.2 Å². The number of carbonyl (C=O) groups excluding carboxylic acids is 1. The number of nitrogens with one attached hydrogen (secondary N) is 1. The summed E-state index contributed by atoms with van der Waals surface area (Å²) in [6.07, 6.45) is 3.71. The fourth-order valence-corrected chi connectivity index (χ4v) is 2.72. The highest BCUT2D eigenvalue weighted by Crippen LogP contribution is 2.18. The summed E-state index contributed by atoms with van der Waals surface area (Å²) in [4.78, 5) is 14.3. The largest absolute Gasteiger partial charge is 0.344 e. The van der Waals surface area contributed by atoms with E-state index in [-0.39, 0.29) is 11.8 Å². The molecule has 1 N–H and O–H groups in total. The number of benzene rings is 1. The Morgan fingerprint density at radius 3 is 2.74 bits per heavy atom. The van der Waals surface area contributed by atoms with Gasteiger partial charge in [-0.3, -0.25) is 4.79 Å². The Balaban J connectivity index is 1.91. The topological polar surface area (TPSA) is 32.3 Å². The zero-order valence-corrected chi connectivity index (χ0v) is 11.9.